The highest BCUT2D eigenvalue weighted by Gasteiger charge is 2.33. The summed E-state index contributed by atoms with van der Waals surface area (Å²) in [5, 5.41) is 13.6. The largest absolute Gasteiger partial charge is 0.373 e. The van der Waals surface area contributed by atoms with Crippen molar-refractivity contribution < 1.29 is 22.3 Å². The van der Waals surface area contributed by atoms with Gasteiger partial charge < -0.3 is 4.74 Å². The summed E-state index contributed by atoms with van der Waals surface area (Å²) < 4.78 is 32.2. The summed E-state index contributed by atoms with van der Waals surface area (Å²) in [4.78, 5) is 12.6. The molecule has 2 heterocycles. The van der Waals surface area contributed by atoms with Gasteiger partial charge in [0, 0.05) is 37.0 Å². The van der Waals surface area contributed by atoms with Gasteiger partial charge in [-0.2, -0.15) is 8.42 Å². The number of hydrogen-bond acceptors (Lipinski definition) is 8. The van der Waals surface area contributed by atoms with Crippen LogP contribution in [0.15, 0.2) is 0 Å². The molecule has 0 saturated carbocycles. The molecule has 0 spiro atoms. The molecule has 2 aliphatic rings. The zero-order chi connectivity index (χ0) is 15.5. The Balaban J connectivity index is 1.80. The van der Waals surface area contributed by atoms with Crippen LogP contribution in [0.25, 0.3) is 0 Å². The third kappa shape index (κ3) is 5.15. The summed E-state index contributed by atoms with van der Waals surface area (Å²) in [6.07, 6.45) is 1.31. The van der Waals surface area contributed by atoms with Gasteiger partial charge in [-0.15, -0.1) is 0 Å². The average Bonchev–Trinajstić information content (AvgIpc) is 2.45. The lowest BCUT2D eigenvalue weighted by Crippen LogP contribution is -2.56. The Morgan fingerprint density at radius 2 is 2.24 bits per heavy atom. The van der Waals surface area contributed by atoms with Crippen molar-refractivity contribution >= 4 is 10.1 Å². The summed E-state index contributed by atoms with van der Waals surface area (Å²) in [7, 11) is -3.47. The number of ether oxygens (including phenoxy) is 1. The van der Waals surface area contributed by atoms with Crippen LogP contribution in [0.3, 0.4) is 0 Å². The van der Waals surface area contributed by atoms with Crippen LogP contribution in [0.4, 0.5) is 0 Å². The van der Waals surface area contributed by atoms with E-state index in [-0.39, 0.29) is 23.7 Å². The number of nitrogens with zero attached hydrogens (tertiary/aromatic N) is 2. The van der Waals surface area contributed by atoms with Crippen LogP contribution in [0.1, 0.15) is 12.8 Å². The van der Waals surface area contributed by atoms with Crippen LogP contribution >= 0.6 is 0 Å². The molecule has 0 aromatic heterocycles. The predicted octanol–water partition coefficient (Wildman–Crippen LogP) is -0.982. The monoisotopic (exact) mass is 323 g/mol. The Bertz CT molecular complexity index is 463. The summed E-state index contributed by atoms with van der Waals surface area (Å²) in [5.41, 5.74) is 0. The minimum Gasteiger partial charge on any atom is -0.373 e. The van der Waals surface area contributed by atoms with Gasteiger partial charge in [0.2, 0.25) is 0 Å². The van der Waals surface area contributed by atoms with Crippen molar-refractivity contribution in [2.75, 3.05) is 39.1 Å². The second-order valence-electron chi connectivity index (χ2n) is 5.42. The zero-order valence-electron chi connectivity index (χ0n) is 11.9. The Kier molecular flexibility index (Phi) is 5.49. The first-order valence-corrected chi connectivity index (χ1v) is 8.74. The maximum absolute atomic E-state index is 11.0. The lowest BCUT2D eigenvalue weighted by atomic mass is 10.0. The zero-order valence-corrected chi connectivity index (χ0v) is 12.8. The summed E-state index contributed by atoms with van der Waals surface area (Å²) in [6, 6.07) is 0.214. The molecule has 0 bridgehead atoms. The van der Waals surface area contributed by atoms with Gasteiger partial charge >= 0.3 is 0 Å². The molecule has 0 aliphatic carbocycles. The van der Waals surface area contributed by atoms with Crippen molar-refractivity contribution in [2.24, 2.45) is 0 Å². The van der Waals surface area contributed by atoms with Gasteiger partial charge in [0.1, 0.15) is 0 Å². The minimum atomic E-state index is -3.47. The molecular formula is C11H21N3O6S. The molecule has 9 nitrogen and oxygen atoms in total. The van der Waals surface area contributed by atoms with E-state index in [0.717, 1.165) is 19.2 Å². The van der Waals surface area contributed by atoms with Crippen LogP contribution < -0.4 is 5.32 Å². The van der Waals surface area contributed by atoms with Gasteiger partial charge in [0.25, 0.3) is 16.3 Å². The number of piperidine rings is 1. The first-order chi connectivity index (χ1) is 9.85. The molecule has 0 aromatic carbocycles. The number of hydrogen-bond donors (Lipinski definition) is 1. The van der Waals surface area contributed by atoms with Crippen LogP contribution in [0, 0.1) is 10.1 Å². The second kappa shape index (κ2) is 6.97. The van der Waals surface area contributed by atoms with Gasteiger partial charge in [0.05, 0.1) is 25.6 Å². The van der Waals surface area contributed by atoms with E-state index < -0.39 is 16.3 Å². The fourth-order valence-electron chi connectivity index (χ4n) is 2.69. The number of nitro groups is 1. The minimum absolute atomic E-state index is 0.00695. The quantitative estimate of drug-likeness (QED) is 0.390. The van der Waals surface area contributed by atoms with Gasteiger partial charge in [-0.1, -0.05) is 0 Å². The van der Waals surface area contributed by atoms with E-state index in [9.17, 15) is 18.5 Å². The first-order valence-electron chi connectivity index (χ1n) is 6.92. The SMILES string of the molecule is CS(=O)(=O)OC[C@@H]1CN(C2CCC([N+](=O)[O-])NC2)CCO1. The van der Waals surface area contributed by atoms with Gasteiger partial charge in [0.15, 0.2) is 0 Å². The van der Waals surface area contributed by atoms with Crippen LogP contribution in [0.2, 0.25) is 0 Å². The van der Waals surface area contributed by atoms with Crippen molar-refractivity contribution in [3.63, 3.8) is 0 Å². The van der Waals surface area contributed by atoms with E-state index in [1.807, 2.05) is 0 Å². The molecule has 3 atom stereocenters. The molecule has 122 valence electrons. The fourth-order valence-corrected chi connectivity index (χ4v) is 3.09. The van der Waals surface area contributed by atoms with E-state index in [2.05, 4.69) is 10.2 Å². The van der Waals surface area contributed by atoms with Gasteiger partial charge in [-0.3, -0.25) is 24.5 Å². The maximum atomic E-state index is 11.0. The molecule has 2 rings (SSSR count). The Morgan fingerprint density at radius 3 is 2.81 bits per heavy atom. The van der Waals surface area contributed by atoms with E-state index in [0.29, 0.717) is 26.1 Å². The normalized spacial score (nSPS) is 32.0. The van der Waals surface area contributed by atoms with E-state index >= 15 is 0 Å². The molecule has 0 aromatic rings. The van der Waals surface area contributed by atoms with Crippen molar-refractivity contribution in [3.8, 4) is 0 Å². The molecular weight excluding hydrogens is 302 g/mol. The average molecular weight is 323 g/mol. The molecule has 2 fully saturated rings. The smallest absolute Gasteiger partial charge is 0.266 e. The number of rotatable bonds is 5. The lowest BCUT2D eigenvalue weighted by molar-refractivity contribution is -0.532. The van der Waals surface area contributed by atoms with E-state index in [1.54, 1.807) is 0 Å². The predicted molar refractivity (Wildman–Crippen MR) is 73.9 cm³/mol. The summed E-state index contributed by atoms with van der Waals surface area (Å²) in [6.45, 7) is 2.39. The summed E-state index contributed by atoms with van der Waals surface area (Å²) in [5.74, 6) is 0. The van der Waals surface area contributed by atoms with Crippen molar-refractivity contribution in [1.29, 1.82) is 0 Å². The number of nitrogens with one attached hydrogen (secondary N) is 1. The summed E-state index contributed by atoms with van der Waals surface area (Å²) >= 11 is 0. The maximum Gasteiger partial charge on any atom is 0.266 e. The topological polar surface area (TPSA) is 111 Å². The molecule has 0 radical (unpaired) electrons. The van der Waals surface area contributed by atoms with Crippen molar-refractivity contribution in [3.05, 3.63) is 10.1 Å². The Morgan fingerprint density at radius 1 is 1.48 bits per heavy atom. The lowest BCUT2D eigenvalue weighted by Gasteiger charge is -2.40. The van der Waals surface area contributed by atoms with E-state index in [1.165, 1.54) is 0 Å². The van der Waals surface area contributed by atoms with Crippen molar-refractivity contribution in [1.82, 2.24) is 10.2 Å². The third-order valence-corrected chi connectivity index (χ3v) is 4.34. The van der Waals surface area contributed by atoms with Crippen LogP contribution in [0.5, 0.6) is 0 Å². The highest BCUT2D eigenvalue weighted by molar-refractivity contribution is 7.85. The Hall–Kier alpha value is -0.810. The number of morpholine rings is 1. The fraction of sp³-hybridized carbons (Fsp3) is 1.00. The molecule has 2 aliphatic heterocycles. The van der Waals surface area contributed by atoms with E-state index in [4.69, 9.17) is 8.92 Å². The first kappa shape index (κ1) is 16.6. The molecule has 2 unspecified atom stereocenters. The van der Waals surface area contributed by atoms with Crippen LogP contribution in [-0.4, -0.2) is 75.7 Å². The molecule has 21 heavy (non-hydrogen) atoms. The van der Waals surface area contributed by atoms with Gasteiger partial charge in [-0.05, 0) is 6.42 Å². The highest BCUT2D eigenvalue weighted by atomic mass is 32.2. The molecule has 2 saturated heterocycles. The molecule has 10 heteroatoms. The third-order valence-electron chi connectivity index (χ3n) is 3.77. The molecule has 0 amide bonds. The van der Waals surface area contributed by atoms with Crippen molar-refractivity contribution in [2.45, 2.75) is 31.2 Å². The second-order valence-corrected chi connectivity index (χ2v) is 7.06. The highest BCUT2D eigenvalue weighted by Crippen LogP contribution is 2.18. The Labute approximate surface area is 123 Å². The molecule has 1 N–H and O–H groups in total. The standard InChI is InChI=1S/C11H21N3O6S/c1-21(17,18)20-8-10-7-13(4-5-19-10)9-2-3-11(12-6-9)14(15)16/h9-12H,2-8H2,1H3/t9?,10-,11?/m0/s1. The van der Waals surface area contributed by atoms with Crippen LogP contribution in [-0.2, 0) is 19.0 Å². The van der Waals surface area contributed by atoms with Gasteiger partial charge in [-0.25, -0.2) is 0 Å².